The quantitative estimate of drug-likeness (QED) is 0.765. The van der Waals surface area contributed by atoms with Crippen molar-refractivity contribution in [3.8, 4) is 11.8 Å². The third-order valence-corrected chi connectivity index (χ3v) is 2.20. The molecule has 0 aliphatic rings. The highest BCUT2D eigenvalue weighted by atomic mass is 16.5. The molecule has 18 heavy (non-hydrogen) atoms. The van der Waals surface area contributed by atoms with Crippen molar-refractivity contribution in [1.82, 2.24) is 0 Å². The lowest BCUT2D eigenvalue weighted by molar-refractivity contribution is -0.125. The van der Waals surface area contributed by atoms with Crippen molar-refractivity contribution in [3.05, 3.63) is 24.3 Å². The van der Waals surface area contributed by atoms with Crippen LogP contribution in [0.25, 0.3) is 0 Å². The van der Waals surface area contributed by atoms with E-state index in [1.165, 1.54) is 7.11 Å². The molecule has 1 amide bonds. The van der Waals surface area contributed by atoms with E-state index in [0.717, 1.165) is 0 Å². The zero-order valence-electron chi connectivity index (χ0n) is 10.1. The zero-order chi connectivity index (χ0) is 13.4. The van der Waals surface area contributed by atoms with Gasteiger partial charge in [-0.2, -0.15) is 5.26 Å². The summed E-state index contributed by atoms with van der Waals surface area (Å²) in [5.41, 5.74) is 5.95. The summed E-state index contributed by atoms with van der Waals surface area (Å²) in [4.78, 5) is 11.7. The fraction of sp³-hybridized carbons (Fsp3) is 0.333. The number of nitrogens with zero attached hydrogens (tertiary/aromatic N) is 1. The van der Waals surface area contributed by atoms with E-state index >= 15 is 0 Å². The largest absolute Gasteiger partial charge is 0.479 e. The van der Waals surface area contributed by atoms with Crippen LogP contribution in [0.5, 0.6) is 5.75 Å². The van der Waals surface area contributed by atoms with E-state index in [0.29, 0.717) is 11.4 Å². The third kappa shape index (κ3) is 4.05. The van der Waals surface area contributed by atoms with Crippen molar-refractivity contribution in [2.24, 2.45) is 5.73 Å². The van der Waals surface area contributed by atoms with Gasteiger partial charge in [0.25, 0.3) is 5.91 Å². The predicted octanol–water partition coefficient (Wildman–Crippen LogP) is 0.501. The number of benzene rings is 1. The highest BCUT2D eigenvalue weighted by Gasteiger charge is 2.15. The van der Waals surface area contributed by atoms with Crippen molar-refractivity contribution < 1.29 is 14.3 Å². The summed E-state index contributed by atoms with van der Waals surface area (Å²) in [7, 11) is 1.42. The summed E-state index contributed by atoms with van der Waals surface area (Å²) in [6, 6.07) is 8.61. The number of carbonyl (C=O) groups is 1. The second-order valence-electron chi connectivity index (χ2n) is 3.42. The van der Waals surface area contributed by atoms with E-state index in [9.17, 15) is 4.79 Å². The molecule has 1 atom stereocenters. The Balaban J connectivity index is 2.67. The Morgan fingerprint density at radius 1 is 1.61 bits per heavy atom. The number of anilines is 1. The third-order valence-electron chi connectivity index (χ3n) is 2.20. The molecule has 6 heteroatoms. The van der Waals surface area contributed by atoms with E-state index < -0.39 is 6.10 Å². The molecule has 0 saturated carbocycles. The molecule has 0 aliphatic carbocycles. The molecular weight excluding hydrogens is 234 g/mol. The molecule has 0 aromatic heterocycles. The van der Waals surface area contributed by atoms with Gasteiger partial charge in [0.05, 0.1) is 0 Å². The van der Waals surface area contributed by atoms with Crippen LogP contribution in [-0.4, -0.2) is 32.3 Å². The van der Waals surface area contributed by atoms with Gasteiger partial charge in [0, 0.05) is 25.4 Å². The van der Waals surface area contributed by atoms with Crippen molar-refractivity contribution in [1.29, 1.82) is 5.26 Å². The van der Waals surface area contributed by atoms with Crippen LogP contribution in [-0.2, 0) is 9.53 Å². The summed E-state index contributed by atoms with van der Waals surface area (Å²) < 4.78 is 10.0. The van der Waals surface area contributed by atoms with Gasteiger partial charge >= 0.3 is 0 Å². The number of rotatable bonds is 6. The molecule has 0 bridgehead atoms. The number of amides is 1. The normalized spacial score (nSPS) is 11.4. The first kappa shape index (κ1) is 14.0. The van der Waals surface area contributed by atoms with Gasteiger partial charge in [-0.25, -0.2) is 0 Å². The number of methoxy groups -OCH3 is 1. The Hall–Kier alpha value is -2.10. The molecule has 0 saturated heterocycles. The minimum absolute atomic E-state index is 0.0408. The van der Waals surface area contributed by atoms with E-state index in [1.807, 2.05) is 6.07 Å². The van der Waals surface area contributed by atoms with Crippen LogP contribution in [0.3, 0.4) is 0 Å². The summed E-state index contributed by atoms with van der Waals surface area (Å²) in [6.07, 6.45) is -0.686. The first-order chi connectivity index (χ1) is 8.71. The molecule has 1 aromatic rings. The van der Waals surface area contributed by atoms with Gasteiger partial charge in [-0.1, -0.05) is 6.07 Å². The van der Waals surface area contributed by atoms with Crippen LogP contribution in [0.4, 0.5) is 5.69 Å². The second kappa shape index (κ2) is 7.27. The van der Waals surface area contributed by atoms with Gasteiger partial charge in [-0.05, 0) is 12.1 Å². The Bertz CT molecular complexity index is 438. The van der Waals surface area contributed by atoms with Crippen LogP contribution in [0.15, 0.2) is 24.3 Å². The molecule has 96 valence electrons. The van der Waals surface area contributed by atoms with Crippen LogP contribution in [0.1, 0.15) is 0 Å². The monoisotopic (exact) mass is 249 g/mol. The Morgan fingerprint density at radius 2 is 2.39 bits per heavy atom. The SMILES string of the molecule is COC(CN)C(=O)Nc1cccc(OCC#N)c1. The standard InChI is InChI=1S/C12H15N3O3/c1-17-11(8-14)12(16)15-9-3-2-4-10(7-9)18-6-5-13/h2-4,7,11H,6,8,14H2,1H3,(H,15,16). The van der Waals surface area contributed by atoms with Gasteiger partial charge in [-0.3, -0.25) is 4.79 Å². The van der Waals surface area contributed by atoms with Crippen molar-refractivity contribution in [2.45, 2.75) is 6.10 Å². The van der Waals surface area contributed by atoms with E-state index in [2.05, 4.69) is 5.32 Å². The maximum atomic E-state index is 11.7. The molecule has 0 aliphatic heterocycles. The number of ether oxygens (including phenoxy) is 2. The topological polar surface area (TPSA) is 97.4 Å². The van der Waals surface area contributed by atoms with Crippen molar-refractivity contribution in [3.63, 3.8) is 0 Å². The lowest BCUT2D eigenvalue weighted by atomic mass is 10.2. The van der Waals surface area contributed by atoms with E-state index in [1.54, 1.807) is 24.3 Å². The first-order valence-electron chi connectivity index (χ1n) is 5.34. The van der Waals surface area contributed by atoms with Crippen LogP contribution in [0.2, 0.25) is 0 Å². The number of nitrogens with one attached hydrogen (secondary N) is 1. The molecule has 6 nitrogen and oxygen atoms in total. The second-order valence-corrected chi connectivity index (χ2v) is 3.42. The smallest absolute Gasteiger partial charge is 0.254 e. The molecule has 1 rings (SSSR count). The molecule has 3 N–H and O–H groups in total. The highest BCUT2D eigenvalue weighted by molar-refractivity contribution is 5.94. The molecule has 0 heterocycles. The van der Waals surface area contributed by atoms with Crippen molar-refractivity contribution >= 4 is 11.6 Å². The Morgan fingerprint density at radius 3 is 3.00 bits per heavy atom. The number of hydrogen-bond acceptors (Lipinski definition) is 5. The van der Waals surface area contributed by atoms with Gasteiger partial charge in [0.2, 0.25) is 0 Å². The number of carbonyl (C=O) groups excluding carboxylic acids is 1. The summed E-state index contributed by atoms with van der Waals surface area (Å²) in [5.74, 6) is 0.188. The summed E-state index contributed by atoms with van der Waals surface area (Å²) >= 11 is 0. The van der Waals surface area contributed by atoms with Gasteiger partial charge in [0.15, 0.2) is 6.61 Å². The van der Waals surface area contributed by atoms with Crippen LogP contribution < -0.4 is 15.8 Å². The Kier molecular flexibility index (Phi) is 5.64. The average molecular weight is 249 g/mol. The highest BCUT2D eigenvalue weighted by Crippen LogP contribution is 2.17. The summed E-state index contributed by atoms with van der Waals surface area (Å²) in [6.45, 7) is 0.0633. The molecule has 1 unspecified atom stereocenters. The lowest BCUT2D eigenvalue weighted by Crippen LogP contribution is -2.35. The molecule has 0 radical (unpaired) electrons. The average Bonchev–Trinajstić information content (AvgIpc) is 2.38. The molecule has 1 aromatic carbocycles. The van der Waals surface area contributed by atoms with E-state index in [-0.39, 0.29) is 19.1 Å². The fourth-order valence-corrected chi connectivity index (χ4v) is 1.31. The predicted molar refractivity (Wildman–Crippen MR) is 66.0 cm³/mol. The summed E-state index contributed by atoms with van der Waals surface area (Å²) in [5, 5.41) is 11.1. The van der Waals surface area contributed by atoms with Crippen LogP contribution in [0, 0.1) is 11.3 Å². The fourth-order valence-electron chi connectivity index (χ4n) is 1.31. The lowest BCUT2D eigenvalue weighted by Gasteiger charge is -2.13. The number of nitrogens with two attached hydrogens (primary N) is 1. The zero-order valence-corrected chi connectivity index (χ0v) is 10.1. The van der Waals surface area contributed by atoms with Crippen LogP contribution >= 0.6 is 0 Å². The number of nitriles is 1. The van der Waals surface area contributed by atoms with Gasteiger partial charge in [-0.15, -0.1) is 0 Å². The Labute approximate surface area is 105 Å². The number of hydrogen-bond donors (Lipinski definition) is 2. The minimum atomic E-state index is -0.686. The molecule has 0 fully saturated rings. The van der Waals surface area contributed by atoms with Crippen molar-refractivity contribution in [2.75, 3.05) is 25.6 Å². The first-order valence-corrected chi connectivity index (χ1v) is 5.34. The van der Waals surface area contributed by atoms with Gasteiger partial charge < -0.3 is 20.5 Å². The molecular formula is C12H15N3O3. The van der Waals surface area contributed by atoms with E-state index in [4.69, 9.17) is 20.5 Å². The minimum Gasteiger partial charge on any atom is -0.479 e. The maximum Gasteiger partial charge on any atom is 0.254 e. The maximum absolute atomic E-state index is 11.7. The van der Waals surface area contributed by atoms with Gasteiger partial charge in [0.1, 0.15) is 17.9 Å². The molecule has 0 spiro atoms.